The maximum Gasteiger partial charge on any atom is 0.233 e. The van der Waals surface area contributed by atoms with Crippen molar-refractivity contribution in [2.75, 3.05) is 59.6 Å². The molecular formula is C16H27N5O3. The third-order valence-corrected chi connectivity index (χ3v) is 4.57. The number of carbonyl (C=O) groups is 1. The van der Waals surface area contributed by atoms with Crippen LogP contribution >= 0.6 is 0 Å². The highest BCUT2D eigenvalue weighted by molar-refractivity contribution is 5.77. The van der Waals surface area contributed by atoms with E-state index in [9.17, 15) is 4.79 Å². The van der Waals surface area contributed by atoms with Crippen LogP contribution in [0, 0.1) is 0 Å². The molecule has 1 aromatic heterocycles. The summed E-state index contributed by atoms with van der Waals surface area (Å²) in [5, 5.41) is 6.92. The minimum absolute atomic E-state index is 0.0232. The van der Waals surface area contributed by atoms with E-state index in [4.69, 9.17) is 9.47 Å². The highest BCUT2D eigenvalue weighted by Gasteiger charge is 2.40. The Morgan fingerprint density at radius 3 is 2.88 bits per heavy atom. The Bertz CT molecular complexity index is 564. The van der Waals surface area contributed by atoms with Gasteiger partial charge >= 0.3 is 0 Å². The molecule has 0 radical (unpaired) electrons. The number of amides is 1. The molecule has 8 heteroatoms. The van der Waals surface area contributed by atoms with Gasteiger partial charge < -0.3 is 14.8 Å². The second-order valence-electron chi connectivity index (χ2n) is 6.70. The summed E-state index contributed by atoms with van der Waals surface area (Å²) in [5.41, 5.74) is 0.830. The van der Waals surface area contributed by atoms with E-state index in [0.29, 0.717) is 32.9 Å². The van der Waals surface area contributed by atoms with Gasteiger partial charge in [0.05, 0.1) is 32.6 Å². The highest BCUT2D eigenvalue weighted by Crippen LogP contribution is 2.23. The molecule has 0 bridgehead atoms. The summed E-state index contributed by atoms with van der Waals surface area (Å²) in [7, 11) is 3.60. The summed E-state index contributed by atoms with van der Waals surface area (Å²) in [6, 6.07) is 0. The molecule has 24 heavy (non-hydrogen) atoms. The molecule has 2 aliphatic heterocycles. The zero-order valence-corrected chi connectivity index (χ0v) is 14.5. The van der Waals surface area contributed by atoms with Crippen LogP contribution in [0.15, 0.2) is 12.4 Å². The van der Waals surface area contributed by atoms with Crippen LogP contribution in [-0.4, -0.2) is 90.7 Å². The van der Waals surface area contributed by atoms with Crippen molar-refractivity contribution in [1.82, 2.24) is 24.9 Å². The predicted octanol–water partition coefficient (Wildman–Crippen LogP) is -0.931. The van der Waals surface area contributed by atoms with Crippen LogP contribution in [0.5, 0.6) is 0 Å². The van der Waals surface area contributed by atoms with Crippen molar-refractivity contribution < 1.29 is 14.3 Å². The van der Waals surface area contributed by atoms with Crippen molar-refractivity contribution in [1.29, 1.82) is 0 Å². The number of nitrogens with zero attached hydrogens (tertiary/aromatic N) is 4. The molecule has 1 unspecified atom stereocenters. The van der Waals surface area contributed by atoms with Gasteiger partial charge in [0.25, 0.3) is 0 Å². The molecule has 1 N–H and O–H groups in total. The number of rotatable bonds is 4. The third-order valence-electron chi connectivity index (χ3n) is 4.57. The number of hydrogen-bond acceptors (Lipinski definition) is 6. The van der Waals surface area contributed by atoms with Gasteiger partial charge in [-0.05, 0) is 0 Å². The van der Waals surface area contributed by atoms with Crippen molar-refractivity contribution in [2.24, 2.45) is 7.05 Å². The summed E-state index contributed by atoms with van der Waals surface area (Å²) >= 11 is 0. The fourth-order valence-corrected chi connectivity index (χ4v) is 3.45. The quantitative estimate of drug-likeness (QED) is 0.765. The molecule has 1 aromatic rings. The van der Waals surface area contributed by atoms with Crippen molar-refractivity contribution in [3.05, 3.63) is 18.0 Å². The maximum absolute atomic E-state index is 11.7. The monoisotopic (exact) mass is 337 g/mol. The van der Waals surface area contributed by atoms with E-state index < -0.39 is 0 Å². The van der Waals surface area contributed by atoms with Gasteiger partial charge in [0.15, 0.2) is 0 Å². The molecule has 134 valence electrons. The molecule has 0 aromatic carbocycles. The second kappa shape index (κ2) is 7.60. The Kier molecular flexibility index (Phi) is 5.50. The van der Waals surface area contributed by atoms with Crippen molar-refractivity contribution >= 4 is 5.91 Å². The standard InChI is InChI=1S/C16H27N5O3/c1-17-15(22)10-21-3-5-23-13-16(12-21)11-20(4-6-24-16)9-14-7-18-19(2)8-14/h7-8H,3-6,9-13H2,1-2H3,(H,17,22). The number of carbonyl (C=O) groups excluding carboxylic acids is 1. The number of hydrogen-bond donors (Lipinski definition) is 1. The summed E-state index contributed by atoms with van der Waals surface area (Å²) in [5.74, 6) is 0.0232. The van der Waals surface area contributed by atoms with Crippen LogP contribution in [0.3, 0.4) is 0 Å². The molecule has 2 saturated heterocycles. The van der Waals surface area contributed by atoms with Crippen LogP contribution in [-0.2, 0) is 27.9 Å². The Morgan fingerprint density at radius 1 is 1.33 bits per heavy atom. The molecule has 0 aliphatic carbocycles. The van der Waals surface area contributed by atoms with E-state index in [1.807, 2.05) is 24.1 Å². The summed E-state index contributed by atoms with van der Waals surface area (Å²) < 4.78 is 13.8. The molecule has 1 amide bonds. The molecular weight excluding hydrogens is 310 g/mol. The van der Waals surface area contributed by atoms with Crippen LogP contribution in [0.25, 0.3) is 0 Å². The van der Waals surface area contributed by atoms with Crippen LogP contribution in [0.2, 0.25) is 0 Å². The largest absolute Gasteiger partial charge is 0.377 e. The lowest BCUT2D eigenvalue weighted by Crippen LogP contribution is -2.59. The summed E-state index contributed by atoms with van der Waals surface area (Å²) in [4.78, 5) is 16.2. The average molecular weight is 337 g/mol. The van der Waals surface area contributed by atoms with Crippen molar-refractivity contribution in [2.45, 2.75) is 12.1 Å². The minimum Gasteiger partial charge on any atom is -0.377 e. The van der Waals surface area contributed by atoms with Crippen LogP contribution < -0.4 is 5.32 Å². The first-order chi connectivity index (χ1) is 11.6. The first-order valence-corrected chi connectivity index (χ1v) is 8.43. The fourth-order valence-electron chi connectivity index (χ4n) is 3.45. The topological polar surface area (TPSA) is 71.9 Å². The average Bonchev–Trinajstić information content (AvgIpc) is 2.86. The normalized spacial score (nSPS) is 26.4. The van der Waals surface area contributed by atoms with E-state index in [1.165, 1.54) is 5.56 Å². The highest BCUT2D eigenvalue weighted by atomic mass is 16.5. The van der Waals surface area contributed by atoms with Gasteiger partial charge in [-0.2, -0.15) is 5.10 Å². The SMILES string of the molecule is CNC(=O)CN1CCOCC2(C1)CN(Cc1cnn(C)c1)CCO2. The summed E-state index contributed by atoms with van der Waals surface area (Å²) in [6.45, 7) is 6.27. The number of ether oxygens (including phenoxy) is 2. The van der Waals surface area contributed by atoms with Gasteiger partial charge in [0.2, 0.25) is 5.91 Å². The second-order valence-corrected chi connectivity index (χ2v) is 6.70. The Morgan fingerprint density at radius 2 is 2.12 bits per heavy atom. The fraction of sp³-hybridized carbons (Fsp3) is 0.750. The van der Waals surface area contributed by atoms with Crippen LogP contribution in [0.4, 0.5) is 0 Å². The molecule has 8 nitrogen and oxygen atoms in total. The van der Waals surface area contributed by atoms with Crippen molar-refractivity contribution in [3.63, 3.8) is 0 Å². The molecule has 3 rings (SSSR count). The molecule has 1 spiro atoms. The smallest absolute Gasteiger partial charge is 0.233 e. The lowest BCUT2D eigenvalue weighted by molar-refractivity contribution is -0.144. The Balaban J connectivity index is 1.64. The third kappa shape index (κ3) is 4.32. The lowest BCUT2D eigenvalue weighted by atomic mass is 10.0. The molecule has 2 aliphatic rings. The first kappa shape index (κ1) is 17.3. The number of likely N-dealkylation sites (N-methyl/N-ethyl adjacent to an activating group) is 1. The van der Waals surface area contributed by atoms with Gasteiger partial charge in [0.1, 0.15) is 5.60 Å². The van der Waals surface area contributed by atoms with E-state index in [-0.39, 0.29) is 11.5 Å². The first-order valence-electron chi connectivity index (χ1n) is 8.43. The van der Waals surface area contributed by atoms with Gasteiger partial charge in [-0.15, -0.1) is 0 Å². The van der Waals surface area contributed by atoms with Crippen molar-refractivity contribution in [3.8, 4) is 0 Å². The van der Waals surface area contributed by atoms with Gasteiger partial charge in [-0.25, -0.2) is 0 Å². The van der Waals surface area contributed by atoms with E-state index >= 15 is 0 Å². The molecule has 1 atom stereocenters. The maximum atomic E-state index is 11.7. The zero-order chi connectivity index (χ0) is 17.0. The Labute approximate surface area is 142 Å². The van der Waals surface area contributed by atoms with E-state index in [1.54, 1.807) is 7.05 Å². The molecule has 0 saturated carbocycles. The molecule has 3 heterocycles. The van der Waals surface area contributed by atoms with E-state index in [2.05, 4.69) is 20.2 Å². The lowest BCUT2D eigenvalue weighted by Gasteiger charge is -2.43. The Hall–Kier alpha value is -1.48. The zero-order valence-electron chi connectivity index (χ0n) is 14.5. The minimum atomic E-state index is -0.370. The number of nitrogens with one attached hydrogen (secondary N) is 1. The number of aryl methyl sites for hydroxylation is 1. The summed E-state index contributed by atoms with van der Waals surface area (Å²) in [6.07, 6.45) is 3.95. The van der Waals surface area contributed by atoms with Gasteiger partial charge in [-0.3, -0.25) is 19.3 Å². The van der Waals surface area contributed by atoms with Crippen LogP contribution in [0.1, 0.15) is 5.56 Å². The van der Waals surface area contributed by atoms with E-state index in [0.717, 1.165) is 26.2 Å². The predicted molar refractivity (Wildman–Crippen MR) is 88.5 cm³/mol. The van der Waals surface area contributed by atoms with Gasteiger partial charge in [0, 0.05) is 58.6 Å². The van der Waals surface area contributed by atoms with Gasteiger partial charge in [-0.1, -0.05) is 0 Å². The number of aromatic nitrogens is 2. The molecule has 2 fully saturated rings. The number of morpholine rings is 1.